The van der Waals surface area contributed by atoms with Crippen molar-refractivity contribution in [2.75, 3.05) is 19.6 Å². The highest BCUT2D eigenvalue weighted by atomic mass is 16.2. The SMILES string of the molecule is NC1CNC(=O)CC(=O)NCCC(C=O)NCC1=O. The van der Waals surface area contributed by atoms with E-state index in [0.29, 0.717) is 12.7 Å². The third-order valence-corrected chi connectivity index (χ3v) is 2.73. The zero-order valence-electron chi connectivity index (χ0n) is 10.5. The molecule has 2 unspecified atom stereocenters. The second-order valence-corrected chi connectivity index (χ2v) is 4.32. The average Bonchev–Trinajstić information content (AvgIpc) is 2.39. The highest BCUT2D eigenvalue weighted by Gasteiger charge is 2.18. The number of aldehydes is 1. The van der Waals surface area contributed by atoms with Gasteiger partial charge in [-0.1, -0.05) is 0 Å². The zero-order chi connectivity index (χ0) is 14.3. The first-order valence-corrected chi connectivity index (χ1v) is 6.03. The Bertz CT molecular complexity index is 372. The zero-order valence-corrected chi connectivity index (χ0v) is 10.5. The van der Waals surface area contributed by atoms with Crippen LogP contribution in [0.15, 0.2) is 0 Å². The normalized spacial score (nSPS) is 27.3. The summed E-state index contributed by atoms with van der Waals surface area (Å²) in [6.45, 7) is 0.176. The molecule has 8 heteroatoms. The Hall–Kier alpha value is -1.80. The van der Waals surface area contributed by atoms with Gasteiger partial charge in [0.1, 0.15) is 12.7 Å². The molecule has 106 valence electrons. The van der Waals surface area contributed by atoms with Crippen LogP contribution in [-0.2, 0) is 19.2 Å². The minimum atomic E-state index is -0.854. The number of ketones is 1. The number of carbonyl (C=O) groups is 4. The van der Waals surface area contributed by atoms with Gasteiger partial charge in [-0.25, -0.2) is 0 Å². The quantitative estimate of drug-likeness (QED) is 0.298. The number of nitrogens with one attached hydrogen (secondary N) is 3. The van der Waals surface area contributed by atoms with Crippen molar-refractivity contribution in [3.05, 3.63) is 0 Å². The number of hydrogen-bond donors (Lipinski definition) is 4. The van der Waals surface area contributed by atoms with Crippen molar-refractivity contribution >= 4 is 23.9 Å². The molecule has 2 amide bonds. The maximum atomic E-state index is 11.6. The van der Waals surface area contributed by atoms with Gasteiger partial charge in [0.25, 0.3) is 0 Å². The molecule has 0 spiro atoms. The molecule has 1 saturated heterocycles. The van der Waals surface area contributed by atoms with Crippen LogP contribution in [0.3, 0.4) is 0 Å². The number of nitrogens with two attached hydrogens (primary N) is 1. The molecule has 0 aliphatic carbocycles. The van der Waals surface area contributed by atoms with Crippen LogP contribution in [0.2, 0.25) is 0 Å². The molecule has 0 aromatic heterocycles. The predicted molar refractivity (Wildman–Crippen MR) is 66.1 cm³/mol. The topological polar surface area (TPSA) is 130 Å². The van der Waals surface area contributed by atoms with Gasteiger partial charge in [0, 0.05) is 13.1 Å². The van der Waals surface area contributed by atoms with Crippen LogP contribution in [0.5, 0.6) is 0 Å². The van der Waals surface area contributed by atoms with Crippen molar-refractivity contribution < 1.29 is 19.2 Å². The van der Waals surface area contributed by atoms with Gasteiger partial charge in [0.15, 0.2) is 5.78 Å². The lowest BCUT2D eigenvalue weighted by molar-refractivity contribution is -0.129. The fraction of sp³-hybridized carbons (Fsp3) is 0.636. The number of Topliss-reactive ketones (excluding diaryl/α,β-unsaturated/α-hetero) is 1. The van der Waals surface area contributed by atoms with E-state index in [0.717, 1.165) is 0 Å². The molecule has 0 aromatic carbocycles. The number of amides is 2. The highest BCUT2D eigenvalue weighted by Crippen LogP contribution is 1.91. The lowest BCUT2D eigenvalue weighted by atomic mass is 10.1. The third-order valence-electron chi connectivity index (χ3n) is 2.73. The standard InChI is InChI=1S/C11H18N4O4/c12-8-4-15-11(19)3-10(18)13-2-1-7(6-16)14-5-9(8)17/h6-8,14H,1-5,12H2,(H,13,18)(H,15,19). The van der Waals surface area contributed by atoms with Crippen LogP contribution >= 0.6 is 0 Å². The van der Waals surface area contributed by atoms with Crippen molar-refractivity contribution in [2.45, 2.75) is 24.9 Å². The highest BCUT2D eigenvalue weighted by molar-refractivity contribution is 5.97. The van der Waals surface area contributed by atoms with E-state index >= 15 is 0 Å². The average molecular weight is 270 g/mol. The predicted octanol–water partition coefficient (Wildman–Crippen LogP) is -2.93. The maximum absolute atomic E-state index is 11.6. The lowest BCUT2D eigenvalue weighted by Crippen LogP contribution is -2.47. The van der Waals surface area contributed by atoms with E-state index in [4.69, 9.17) is 5.73 Å². The van der Waals surface area contributed by atoms with Crippen molar-refractivity contribution in [1.82, 2.24) is 16.0 Å². The number of hydrogen-bond acceptors (Lipinski definition) is 6. The van der Waals surface area contributed by atoms with Gasteiger partial charge in [-0.3, -0.25) is 14.4 Å². The molecule has 1 aliphatic heterocycles. The molecular formula is C11H18N4O4. The summed E-state index contributed by atoms with van der Waals surface area (Å²) < 4.78 is 0. The van der Waals surface area contributed by atoms with Crippen molar-refractivity contribution in [1.29, 1.82) is 0 Å². The summed E-state index contributed by atoms with van der Waals surface area (Å²) in [5.41, 5.74) is 5.59. The monoisotopic (exact) mass is 270 g/mol. The Balaban J connectivity index is 2.64. The molecule has 0 aromatic rings. The van der Waals surface area contributed by atoms with Crippen LogP contribution < -0.4 is 21.7 Å². The molecule has 19 heavy (non-hydrogen) atoms. The van der Waals surface area contributed by atoms with E-state index in [-0.39, 0.29) is 31.8 Å². The van der Waals surface area contributed by atoms with Gasteiger partial charge >= 0.3 is 0 Å². The Morgan fingerprint density at radius 1 is 1.16 bits per heavy atom. The second kappa shape index (κ2) is 7.59. The van der Waals surface area contributed by atoms with Gasteiger partial charge < -0.3 is 26.5 Å². The van der Waals surface area contributed by atoms with E-state index in [2.05, 4.69) is 16.0 Å². The molecule has 0 saturated carbocycles. The van der Waals surface area contributed by atoms with Crippen molar-refractivity contribution in [3.8, 4) is 0 Å². The van der Waals surface area contributed by atoms with Gasteiger partial charge in [-0.2, -0.15) is 0 Å². The van der Waals surface area contributed by atoms with E-state index < -0.39 is 23.9 Å². The minimum Gasteiger partial charge on any atom is -0.356 e. The molecule has 5 N–H and O–H groups in total. The van der Waals surface area contributed by atoms with Crippen LogP contribution in [0.4, 0.5) is 0 Å². The summed E-state index contributed by atoms with van der Waals surface area (Å²) in [6.07, 6.45) is 0.702. The van der Waals surface area contributed by atoms with Crippen molar-refractivity contribution in [3.63, 3.8) is 0 Å². The first kappa shape index (κ1) is 15.3. The van der Waals surface area contributed by atoms with Gasteiger partial charge in [0.05, 0.1) is 18.6 Å². The number of carbonyl (C=O) groups excluding carboxylic acids is 4. The van der Waals surface area contributed by atoms with E-state index in [1.165, 1.54) is 0 Å². The Labute approximate surface area is 110 Å². The van der Waals surface area contributed by atoms with E-state index in [1.807, 2.05) is 0 Å². The summed E-state index contributed by atoms with van der Waals surface area (Å²) >= 11 is 0. The largest absolute Gasteiger partial charge is 0.356 e. The summed E-state index contributed by atoms with van der Waals surface area (Å²) in [5, 5.41) is 7.69. The van der Waals surface area contributed by atoms with E-state index in [9.17, 15) is 19.2 Å². The first-order valence-electron chi connectivity index (χ1n) is 6.03. The van der Waals surface area contributed by atoms with E-state index in [1.54, 1.807) is 0 Å². The van der Waals surface area contributed by atoms with Crippen LogP contribution in [0.1, 0.15) is 12.8 Å². The summed E-state index contributed by atoms with van der Waals surface area (Å²) in [7, 11) is 0. The van der Waals surface area contributed by atoms with Crippen molar-refractivity contribution in [2.24, 2.45) is 5.73 Å². The Kier molecular flexibility index (Phi) is 6.10. The summed E-state index contributed by atoms with van der Waals surface area (Å²) in [4.78, 5) is 45.1. The minimum absolute atomic E-state index is 0.0294. The van der Waals surface area contributed by atoms with Gasteiger partial charge in [-0.05, 0) is 6.42 Å². The van der Waals surface area contributed by atoms with Gasteiger partial charge in [0.2, 0.25) is 11.8 Å². The maximum Gasteiger partial charge on any atom is 0.229 e. The Morgan fingerprint density at radius 3 is 2.53 bits per heavy atom. The van der Waals surface area contributed by atoms with Gasteiger partial charge in [-0.15, -0.1) is 0 Å². The molecule has 1 rings (SSSR count). The van der Waals surface area contributed by atoms with Crippen LogP contribution in [0.25, 0.3) is 0 Å². The molecule has 2 atom stereocenters. The fourth-order valence-corrected chi connectivity index (χ4v) is 1.56. The molecule has 1 heterocycles. The molecular weight excluding hydrogens is 252 g/mol. The van der Waals surface area contributed by atoms with Crippen LogP contribution in [-0.4, -0.2) is 55.6 Å². The van der Waals surface area contributed by atoms with Crippen LogP contribution in [0, 0.1) is 0 Å². The molecule has 1 aliphatic rings. The smallest absolute Gasteiger partial charge is 0.229 e. The third kappa shape index (κ3) is 5.58. The summed E-state index contributed by atoms with van der Waals surface area (Å²) in [5.74, 6) is -1.22. The first-order chi connectivity index (χ1) is 9.02. The molecule has 1 fully saturated rings. The molecule has 0 bridgehead atoms. The lowest BCUT2D eigenvalue weighted by Gasteiger charge is -2.14. The number of rotatable bonds is 1. The molecule has 8 nitrogen and oxygen atoms in total. The summed E-state index contributed by atoms with van der Waals surface area (Å²) in [6, 6.07) is -1.38. The second-order valence-electron chi connectivity index (χ2n) is 4.32. The Morgan fingerprint density at radius 2 is 1.84 bits per heavy atom. The molecule has 0 radical (unpaired) electrons. The fourth-order valence-electron chi connectivity index (χ4n) is 1.56.